The lowest BCUT2D eigenvalue weighted by Gasteiger charge is -2.17. The minimum atomic E-state index is -0.0505. The molecule has 0 bridgehead atoms. The van der Waals surface area contributed by atoms with E-state index in [4.69, 9.17) is 15.7 Å². The maximum Gasteiger partial charge on any atom is 0.222 e. The summed E-state index contributed by atoms with van der Waals surface area (Å²) < 4.78 is 5.02. The molecule has 0 radical (unpaired) electrons. The van der Waals surface area contributed by atoms with E-state index < -0.39 is 0 Å². The van der Waals surface area contributed by atoms with Crippen molar-refractivity contribution >= 4 is 11.7 Å². The largest absolute Gasteiger partial charge is 0.409 e. The van der Waals surface area contributed by atoms with Crippen molar-refractivity contribution in [2.24, 2.45) is 10.9 Å². The van der Waals surface area contributed by atoms with Gasteiger partial charge >= 0.3 is 0 Å². The molecular weight excluding hydrogens is 198 g/mol. The van der Waals surface area contributed by atoms with E-state index in [1.165, 1.54) is 4.90 Å². The molecule has 0 aliphatic carbocycles. The van der Waals surface area contributed by atoms with Crippen LogP contribution in [0.25, 0.3) is 0 Å². The maximum atomic E-state index is 11.5. The van der Waals surface area contributed by atoms with Crippen LogP contribution in [0.15, 0.2) is 5.16 Å². The van der Waals surface area contributed by atoms with Crippen LogP contribution >= 0.6 is 0 Å². The molecule has 0 aromatic heterocycles. The van der Waals surface area contributed by atoms with Crippen LogP contribution in [0.1, 0.15) is 19.8 Å². The van der Waals surface area contributed by atoms with Crippen LogP contribution in [0.4, 0.5) is 0 Å². The summed E-state index contributed by atoms with van der Waals surface area (Å²) in [7, 11) is 3.22. The summed E-state index contributed by atoms with van der Waals surface area (Å²) in [6.45, 7) is 2.04. The predicted octanol–water partition coefficient (Wildman–Crippen LogP) is 0.00630. The third-order valence-corrected chi connectivity index (χ3v) is 2.12. The smallest absolute Gasteiger partial charge is 0.222 e. The Kier molecular flexibility index (Phi) is 6.44. The molecule has 0 rings (SSSR count). The Morgan fingerprint density at radius 1 is 1.67 bits per heavy atom. The first-order chi connectivity index (χ1) is 7.01. The molecule has 1 atom stereocenters. The standard InChI is InChI=1S/C9H19N3O3/c1-7(15-3)4-5-9(13)12(2)6-8(10)11-14/h7,14H,4-6H2,1-3H3,(H2,10,11). The number of nitrogens with zero attached hydrogens (tertiary/aromatic N) is 2. The summed E-state index contributed by atoms with van der Waals surface area (Å²) in [5.74, 6) is -0.0314. The average Bonchev–Trinajstić information content (AvgIpc) is 2.24. The molecule has 0 aromatic rings. The minimum Gasteiger partial charge on any atom is -0.409 e. The van der Waals surface area contributed by atoms with Gasteiger partial charge < -0.3 is 20.6 Å². The molecule has 15 heavy (non-hydrogen) atoms. The quantitative estimate of drug-likeness (QED) is 0.284. The lowest BCUT2D eigenvalue weighted by molar-refractivity contribution is -0.129. The second-order valence-corrected chi connectivity index (χ2v) is 3.43. The molecule has 1 unspecified atom stereocenters. The Morgan fingerprint density at radius 3 is 2.73 bits per heavy atom. The first kappa shape index (κ1) is 13.7. The van der Waals surface area contributed by atoms with Gasteiger partial charge in [0.1, 0.15) is 0 Å². The van der Waals surface area contributed by atoms with Crippen LogP contribution in [0, 0.1) is 0 Å². The molecule has 0 aliphatic rings. The number of methoxy groups -OCH3 is 1. The molecule has 3 N–H and O–H groups in total. The van der Waals surface area contributed by atoms with Gasteiger partial charge in [-0.15, -0.1) is 0 Å². The Labute approximate surface area is 89.7 Å². The topological polar surface area (TPSA) is 88.2 Å². The Morgan fingerprint density at radius 2 is 2.27 bits per heavy atom. The van der Waals surface area contributed by atoms with Crippen LogP contribution in [0.2, 0.25) is 0 Å². The fourth-order valence-corrected chi connectivity index (χ4v) is 0.998. The highest BCUT2D eigenvalue weighted by molar-refractivity contribution is 5.86. The van der Waals surface area contributed by atoms with Crippen LogP contribution in [0.5, 0.6) is 0 Å². The molecule has 0 fully saturated rings. The number of hydrogen-bond donors (Lipinski definition) is 2. The molecule has 88 valence electrons. The van der Waals surface area contributed by atoms with Gasteiger partial charge in [-0.3, -0.25) is 4.79 Å². The SMILES string of the molecule is COC(C)CCC(=O)N(C)CC(N)=NO. The summed E-state index contributed by atoms with van der Waals surface area (Å²) in [6.07, 6.45) is 1.12. The monoisotopic (exact) mass is 217 g/mol. The number of amides is 1. The maximum absolute atomic E-state index is 11.5. The zero-order valence-electron chi connectivity index (χ0n) is 9.43. The molecule has 0 spiro atoms. The van der Waals surface area contributed by atoms with Crippen molar-refractivity contribution in [2.75, 3.05) is 20.7 Å². The highest BCUT2D eigenvalue weighted by Crippen LogP contribution is 2.02. The summed E-state index contributed by atoms with van der Waals surface area (Å²) in [4.78, 5) is 12.9. The molecule has 0 heterocycles. The van der Waals surface area contributed by atoms with Crippen molar-refractivity contribution in [3.8, 4) is 0 Å². The summed E-state index contributed by atoms with van der Waals surface area (Å²) >= 11 is 0. The van der Waals surface area contributed by atoms with Crippen LogP contribution < -0.4 is 5.73 Å². The summed E-state index contributed by atoms with van der Waals surface area (Å²) in [6, 6.07) is 0. The molecule has 0 saturated heterocycles. The van der Waals surface area contributed by atoms with Crippen molar-refractivity contribution in [3.63, 3.8) is 0 Å². The Bertz CT molecular complexity index is 231. The van der Waals surface area contributed by atoms with Crippen LogP contribution in [-0.2, 0) is 9.53 Å². The number of amidine groups is 1. The van der Waals surface area contributed by atoms with Gasteiger partial charge in [-0.05, 0) is 13.3 Å². The molecule has 6 heteroatoms. The van der Waals surface area contributed by atoms with E-state index in [0.717, 1.165) is 0 Å². The van der Waals surface area contributed by atoms with E-state index in [-0.39, 0.29) is 24.4 Å². The second kappa shape index (κ2) is 7.05. The second-order valence-electron chi connectivity index (χ2n) is 3.43. The molecule has 0 aromatic carbocycles. The van der Waals surface area contributed by atoms with Crippen molar-refractivity contribution < 1.29 is 14.7 Å². The number of carbonyl (C=O) groups excluding carboxylic acids is 1. The summed E-state index contributed by atoms with van der Waals surface area (Å²) in [5.41, 5.74) is 5.28. The number of nitrogens with two attached hydrogens (primary N) is 1. The van der Waals surface area contributed by atoms with Crippen molar-refractivity contribution in [1.29, 1.82) is 0 Å². The normalized spacial score (nSPS) is 13.7. The van der Waals surface area contributed by atoms with E-state index in [1.54, 1.807) is 14.2 Å². The molecule has 0 aliphatic heterocycles. The highest BCUT2D eigenvalue weighted by Gasteiger charge is 2.11. The number of rotatable bonds is 6. The third kappa shape index (κ3) is 5.90. The highest BCUT2D eigenvalue weighted by atomic mass is 16.5. The Hall–Kier alpha value is -1.30. The third-order valence-electron chi connectivity index (χ3n) is 2.12. The van der Waals surface area contributed by atoms with Gasteiger partial charge in [0.25, 0.3) is 0 Å². The lowest BCUT2D eigenvalue weighted by atomic mass is 10.2. The van der Waals surface area contributed by atoms with Crippen molar-refractivity contribution in [1.82, 2.24) is 4.90 Å². The van der Waals surface area contributed by atoms with Gasteiger partial charge in [0.2, 0.25) is 5.91 Å². The van der Waals surface area contributed by atoms with E-state index in [2.05, 4.69) is 5.16 Å². The molecule has 6 nitrogen and oxygen atoms in total. The van der Waals surface area contributed by atoms with Gasteiger partial charge in [-0.2, -0.15) is 0 Å². The molecule has 0 saturated carbocycles. The zero-order valence-corrected chi connectivity index (χ0v) is 9.43. The number of likely N-dealkylation sites (N-methyl/N-ethyl adjacent to an activating group) is 1. The van der Waals surface area contributed by atoms with Crippen LogP contribution in [0.3, 0.4) is 0 Å². The first-order valence-electron chi connectivity index (χ1n) is 4.74. The van der Waals surface area contributed by atoms with Gasteiger partial charge in [-0.1, -0.05) is 5.16 Å². The Balaban J connectivity index is 3.89. The summed E-state index contributed by atoms with van der Waals surface area (Å²) in [5, 5.41) is 11.1. The average molecular weight is 217 g/mol. The lowest BCUT2D eigenvalue weighted by Crippen LogP contribution is -2.35. The van der Waals surface area contributed by atoms with Gasteiger partial charge in [0.15, 0.2) is 5.84 Å². The molecule has 1 amide bonds. The fourth-order valence-electron chi connectivity index (χ4n) is 0.998. The van der Waals surface area contributed by atoms with E-state index in [0.29, 0.717) is 12.8 Å². The van der Waals surface area contributed by atoms with Crippen LogP contribution in [-0.4, -0.2) is 48.7 Å². The fraction of sp³-hybridized carbons (Fsp3) is 0.778. The minimum absolute atomic E-state index is 0.0191. The number of carbonyl (C=O) groups is 1. The van der Waals surface area contributed by atoms with Gasteiger partial charge in [0.05, 0.1) is 12.6 Å². The van der Waals surface area contributed by atoms with E-state index in [1.807, 2.05) is 6.92 Å². The first-order valence-corrected chi connectivity index (χ1v) is 4.74. The van der Waals surface area contributed by atoms with Gasteiger partial charge in [-0.25, -0.2) is 0 Å². The predicted molar refractivity (Wildman–Crippen MR) is 56.8 cm³/mol. The van der Waals surface area contributed by atoms with E-state index in [9.17, 15) is 4.79 Å². The zero-order chi connectivity index (χ0) is 11.8. The number of oxime groups is 1. The van der Waals surface area contributed by atoms with Gasteiger partial charge in [0, 0.05) is 20.6 Å². The van der Waals surface area contributed by atoms with E-state index >= 15 is 0 Å². The number of hydrogen-bond acceptors (Lipinski definition) is 4. The molecular formula is C9H19N3O3. The van der Waals surface area contributed by atoms with Crippen molar-refractivity contribution in [3.05, 3.63) is 0 Å². The van der Waals surface area contributed by atoms with Crippen molar-refractivity contribution in [2.45, 2.75) is 25.9 Å². The number of ether oxygens (including phenoxy) is 1.